The van der Waals surface area contributed by atoms with E-state index in [1.807, 2.05) is 51.1 Å². The molecule has 0 radical (unpaired) electrons. The minimum absolute atomic E-state index is 0.150. The minimum atomic E-state index is -3.25. The van der Waals surface area contributed by atoms with Gasteiger partial charge in [-0.25, -0.2) is 12.7 Å². The SMILES string of the molecule is CCCN(CC(C)(C)CN)S(=O)(=O)CCc1ccccc1. The first kappa shape index (κ1) is 18.1. The van der Waals surface area contributed by atoms with E-state index < -0.39 is 10.0 Å². The molecule has 0 saturated carbocycles. The first-order valence-electron chi connectivity index (χ1n) is 7.52. The van der Waals surface area contributed by atoms with E-state index in [-0.39, 0.29) is 11.2 Å². The van der Waals surface area contributed by atoms with Gasteiger partial charge in [0.2, 0.25) is 10.0 Å². The number of benzene rings is 1. The quantitative estimate of drug-likeness (QED) is 0.760. The highest BCUT2D eigenvalue weighted by atomic mass is 32.2. The second-order valence-corrected chi connectivity index (χ2v) is 8.34. The molecule has 0 aliphatic heterocycles. The van der Waals surface area contributed by atoms with Crippen LogP contribution in [0.2, 0.25) is 0 Å². The van der Waals surface area contributed by atoms with Crippen LogP contribution in [0.4, 0.5) is 0 Å². The van der Waals surface area contributed by atoms with Crippen LogP contribution in [-0.2, 0) is 16.4 Å². The number of hydrogen-bond acceptors (Lipinski definition) is 3. The largest absolute Gasteiger partial charge is 0.330 e. The Bertz CT molecular complexity index is 512. The summed E-state index contributed by atoms with van der Waals surface area (Å²) in [4.78, 5) is 0. The topological polar surface area (TPSA) is 63.4 Å². The number of sulfonamides is 1. The minimum Gasteiger partial charge on any atom is -0.330 e. The third-order valence-corrected chi connectivity index (χ3v) is 5.33. The van der Waals surface area contributed by atoms with Gasteiger partial charge in [0.1, 0.15) is 0 Å². The van der Waals surface area contributed by atoms with Gasteiger partial charge in [-0.05, 0) is 30.4 Å². The van der Waals surface area contributed by atoms with Crippen molar-refractivity contribution in [2.75, 3.05) is 25.4 Å². The molecule has 120 valence electrons. The second kappa shape index (κ2) is 7.92. The summed E-state index contributed by atoms with van der Waals surface area (Å²) in [5.74, 6) is 0.150. The predicted molar refractivity (Wildman–Crippen MR) is 88.6 cm³/mol. The average Bonchev–Trinajstić information content (AvgIpc) is 2.46. The number of rotatable bonds is 9. The lowest BCUT2D eigenvalue weighted by Crippen LogP contribution is -2.43. The van der Waals surface area contributed by atoms with Crippen LogP contribution in [0.3, 0.4) is 0 Å². The van der Waals surface area contributed by atoms with Crippen LogP contribution >= 0.6 is 0 Å². The van der Waals surface area contributed by atoms with E-state index in [1.165, 1.54) is 0 Å². The normalized spacial score (nSPS) is 12.8. The first-order chi connectivity index (χ1) is 9.80. The van der Waals surface area contributed by atoms with Crippen molar-refractivity contribution in [3.05, 3.63) is 35.9 Å². The molecule has 0 fully saturated rings. The van der Waals surface area contributed by atoms with Crippen molar-refractivity contribution in [3.63, 3.8) is 0 Å². The van der Waals surface area contributed by atoms with Crippen LogP contribution in [0.25, 0.3) is 0 Å². The fraction of sp³-hybridized carbons (Fsp3) is 0.625. The first-order valence-corrected chi connectivity index (χ1v) is 9.13. The van der Waals surface area contributed by atoms with Crippen LogP contribution in [0.15, 0.2) is 30.3 Å². The van der Waals surface area contributed by atoms with Crippen molar-refractivity contribution in [2.24, 2.45) is 11.1 Å². The third-order valence-electron chi connectivity index (χ3n) is 3.51. The highest BCUT2D eigenvalue weighted by Crippen LogP contribution is 2.18. The molecule has 0 atom stereocenters. The maximum atomic E-state index is 12.6. The summed E-state index contributed by atoms with van der Waals surface area (Å²) in [6.45, 7) is 7.51. The molecule has 0 amide bonds. The molecule has 0 heterocycles. The van der Waals surface area contributed by atoms with Crippen molar-refractivity contribution < 1.29 is 8.42 Å². The van der Waals surface area contributed by atoms with Crippen LogP contribution in [0.5, 0.6) is 0 Å². The highest BCUT2D eigenvalue weighted by molar-refractivity contribution is 7.89. The fourth-order valence-corrected chi connectivity index (χ4v) is 3.89. The maximum Gasteiger partial charge on any atom is 0.214 e. The molecule has 4 nitrogen and oxygen atoms in total. The Hall–Kier alpha value is -0.910. The van der Waals surface area contributed by atoms with E-state index in [0.29, 0.717) is 26.1 Å². The smallest absolute Gasteiger partial charge is 0.214 e. The van der Waals surface area contributed by atoms with E-state index >= 15 is 0 Å². The number of aryl methyl sites for hydroxylation is 1. The van der Waals surface area contributed by atoms with E-state index in [9.17, 15) is 8.42 Å². The molecule has 0 saturated heterocycles. The zero-order valence-corrected chi connectivity index (χ0v) is 14.2. The lowest BCUT2D eigenvalue weighted by Gasteiger charge is -2.31. The predicted octanol–water partition coefficient (Wildman–Crippen LogP) is 2.26. The van der Waals surface area contributed by atoms with Crippen LogP contribution in [0.1, 0.15) is 32.8 Å². The Kier molecular flexibility index (Phi) is 6.84. The molecule has 1 rings (SSSR count). The van der Waals surface area contributed by atoms with E-state index in [0.717, 1.165) is 12.0 Å². The van der Waals surface area contributed by atoms with Gasteiger partial charge < -0.3 is 5.73 Å². The van der Waals surface area contributed by atoms with E-state index in [1.54, 1.807) is 4.31 Å². The Morgan fingerprint density at radius 2 is 1.81 bits per heavy atom. The monoisotopic (exact) mass is 312 g/mol. The lowest BCUT2D eigenvalue weighted by molar-refractivity contribution is 0.266. The number of nitrogens with two attached hydrogens (primary N) is 1. The molecule has 0 aliphatic rings. The molecule has 0 spiro atoms. The third kappa shape index (κ3) is 6.16. The van der Waals surface area contributed by atoms with Gasteiger partial charge in [-0.1, -0.05) is 51.1 Å². The Balaban J connectivity index is 2.75. The summed E-state index contributed by atoms with van der Waals surface area (Å²) in [6.07, 6.45) is 1.36. The number of hydrogen-bond donors (Lipinski definition) is 1. The number of nitrogens with zero attached hydrogens (tertiary/aromatic N) is 1. The van der Waals surface area contributed by atoms with Crippen LogP contribution < -0.4 is 5.73 Å². The van der Waals surface area contributed by atoms with Crippen molar-refractivity contribution >= 4 is 10.0 Å². The summed E-state index contributed by atoms with van der Waals surface area (Å²) in [5.41, 5.74) is 6.59. The molecule has 0 bridgehead atoms. The zero-order valence-electron chi connectivity index (χ0n) is 13.4. The summed E-state index contributed by atoms with van der Waals surface area (Å²) >= 11 is 0. The van der Waals surface area contributed by atoms with Crippen LogP contribution in [0, 0.1) is 5.41 Å². The second-order valence-electron chi connectivity index (χ2n) is 6.25. The Morgan fingerprint density at radius 3 is 2.33 bits per heavy atom. The molecule has 0 unspecified atom stereocenters. The molecule has 21 heavy (non-hydrogen) atoms. The van der Waals surface area contributed by atoms with Crippen molar-refractivity contribution in [1.29, 1.82) is 0 Å². The van der Waals surface area contributed by atoms with E-state index in [4.69, 9.17) is 5.73 Å². The van der Waals surface area contributed by atoms with E-state index in [2.05, 4.69) is 0 Å². The van der Waals surface area contributed by atoms with Gasteiger partial charge in [0.05, 0.1) is 5.75 Å². The Labute approximate surface area is 129 Å². The van der Waals surface area contributed by atoms with Gasteiger partial charge in [-0.15, -0.1) is 0 Å². The van der Waals surface area contributed by atoms with Gasteiger partial charge in [0, 0.05) is 13.1 Å². The standard InChI is InChI=1S/C16H28N2O2S/c1-4-11-18(14-16(2,3)13-17)21(19,20)12-10-15-8-6-5-7-9-15/h5-9H,4,10-14,17H2,1-3H3. The molecular formula is C16H28N2O2S. The zero-order chi connectivity index (χ0) is 15.9. The molecule has 5 heteroatoms. The summed E-state index contributed by atoms with van der Waals surface area (Å²) in [5, 5.41) is 0. The van der Waals surface area contributed by atoms with Crippen molar-refractivity contribution in [3.8, 4) is 0 Å². The molecule has 2 N–H and O–H groups in total. The molecule has 1 aromatic carbocycles. The van der Waals surface area contributed by atoms with Gasteiger partial charge in [0.25, 0.3) is 0 Å². The maximum absolute atomic E-state index is 12.6. The Morgan fingerprint density at radius 1 is 1.19 bits per heavy atom. The highest BCUT2D eigenvalue weighted by Gasteiger charge is 2.27. The molecule has 0 aliphatic carbocycles. The van der Waals surface area contributed by atoms with Gasteiger partial charge >= 0.3 is 0 Å². The van der Waals surface area contributed by atoms with Gasteiger partial charge in [-0.3, -0.25) is 0 Å². The summed E-state index contributed by atoms with van der Waals surface area (Å²) in [6, 6.07) is 9.73. The molecule has 1 aromatic rings. The lowest BCUT2D eigenvalue weighted by atomic mass is 9.94. The van der Waals surface area contributed by atoms with Gasteiger partial charge in [-0.2, -0.15) is 0 Å². The van der Waals surface area contributed by atoms with Crippen LogP contribution in [-0.4, -0.2) is 38.1 Å². The fourth-order valence-electron chi connectivity index (χ4n) is 2.13. The molecule has 0 aromatic heterocycles. The summed E-state index contributed by atoms with van der Waals surface area (Å²) in [7, 11) is -3.25. The summed E-state index contributed by atoms with van der Waals surface area (Å²) < 4.78 is 26.7. The van der Waals surface area contributed by atoms with Crippen molar-refractivity contribution in [1.82, 2.24) is 4.31 Å². The molecular weight excluding hydrogens is 284 g/mol. The van der Waals surface area contributed by atoms with Gasteiger partial charge in [0.15, 0.2) is 0 Å². The van der Waals surface area contributed by atoms with Crippen molar-refractivity contribution in [2.45, 2.75) is 33.6 Å². The average molecular weight is 312 g/mol.